The third-order valence-corrected chi connectivity index (χ3v) is 3.93. The molecule has 0 aliphatic carbocycles. The lowest BCUT2D eigenvalue weighted by molar-refractivity contribution is 0.00578. The predicted octanol–water partition coefficient (Wildman–Crippen LogP) is 1.35. The molecule has 1 fully saturated rings. The van der Waals surface area contributed by atoms with E-state index in [0.717, 1.165) is 5.47 Å². The number of rotatable bonds is 3. The van der Waals surface area contributed by atoms with E-state index in [2.05, 4.69) is 4.98 Å². The summed E-state index contributed by atoms with van der Waals surface area (Å²) < 4.78 is 11.9. The van der Waals surface area contributed by atoms with Gasteiger partial charge in [0.2, 0.25) is 0 Å². The molecule has 0 radical (unpaired) electrons. The fourth-order valence-electron chi connectivity index (χ4n) is 1.96. The van der Waals surface area contributed by atoms with Crippen LogP contribution in [-0.2, 0) is 9.31 Å². The quantitative estimate of drug-likeness (QED) is 0.817. The van der Waals surface area contributed by atoms with Gasteiger partial charge in [-0.2, -0.15) is 0 Å². The SMILES string of the molecule is CC1(C)OB(C(=Cc2cc(=O)cc[nH]2)CN)OC1(C)C. The van der Waals surface area contributed by atoms with Crippen LogP contribution in [0.15, 0.2) is 28.6 Å². The molecule has 1 aliphatic heterocycles. The standard InChI is InChI=1S/C14H21BN2O3/c1-13(2)14(3,4)20-15(19-13)10(9-16)7-11-8-12(18)5-6-17-11/h5-8H,9,16H2,1-4H3,(H,17,18). The lowest BCUT2D eigenvalue weighted by Crippen LogP contribution is -2.41. The molecule has 3 N–H and O–H groups in total. The lowest BCUT2D eigenvalue weighted by Gasteiger charge is -2.32. The van der Waals surface area contributed by atoms with E-state index >= 15 is 0 Å². The first-order valence-corrected chi connectivity index (χ1v) is 6.70. The van der Waals surface area contributed by atoms with E-state index in [4.69, 9.17) is 15.0 Å². The van der Waals surface area contributed by atoms with Crippen LogP contribution in [0.2, 0.25) is 0 Å². The molecule has 0 saturated carbocycles. The summed E-state index contributed by atoms with van der Waals surface area (Å²) in [7, 11) is -0.492. The summed E-state index contributed by atoms with van der Waals surface area (Å²) in [6.45, 7) is 8.27. The van der Waals surface area contributed by atoms with Crippen LogP contribution in [0.3, 0.4) is 0 Å². The van der Waals surface area contributed by atoms with Crippen LogP contribution in [0.5, 0.6) is 0 Å². The van der Waals surface area contributed by atoms with E-state index in [1.807, 2.05) is 33.8 Å². The minimum absolute atomic E-state index is 0.0553. The van der Waals surface area contributed by atoms with Gasteiger partial charge < -0.3 is 20.0 Å². The van der Waals surface area contributed by atoms with Crippen molar-refractivity contribution in [3.63, 3.8) is 0 Å². The third-order valence-electron chi connectivity index (χ3n) is 3.93. The van der Waals surface area contributed by atoms with E-state index < -0.39 is 18.3 Å². The van der Waals surface area contributed by atoms with E-state index in [9.17, 15) is 4.79 Å². The smallest absolute Gasteiger partial charge is 0.400 e. The summed E-state index contributed by atoms with van der Waals surface area (Å²) in [6.07, 6.45) is 3.41. The van der Waals surface area contributed by atoms with Crippen LogP contribution in [0.4, 0.5) is 0 Å². The topological polar surface area (TPSA) is 77.3 Å². The fourth-order valence-corrected chi connectivity index (χ4v) is 1.96. The van der Waals surface area contributed by atoms with Gasteiger partial charge in [-0.1, -0.05) is 0 Å². The normalized spacial score (nSPS) is 21.2. The zero-order valence-corrected chi connectivity index (χ0v) is 12.4. The molecule has 2 heterocycles. The van der Waals surface area contributed by atoms with Gasteiger partial charge in [-0.3, -0.25) is 4.79 Å². The van der Waals surface area contributed by atoms with Gasteiger partial charge >= 0.3 is 7.12 Å². The van der Waals surface area contributed by atoms with Crippen molar-refractivity contribution in [2.24, 2.45) is 5.73 Å². The Labute approximate surface area is 119 Å². The van der Waals surface area contributed by atoms with Crippen molar-refractivity contribution in [1.29, 1.82) is 0 Å². The summed E-state index contributed by atoms with van der Waals surface area (Å²) in [4.78, 5) is 14.3. The van der Waals surface area contributed by atoms with E-state index in [0.29, 0.717) is 12.2 Å². The van der Waals surface area contributed by atoms with E-state index in [-0.39, 0.29) is 5.43 Å². The molecule has 0 atom stereocenters. The zero-order chi connectivity index (χ0) is 15.0. The molecule has 0 unspecified atom stereocenters. The molecule has 1 aliphatic rings. The second kappa shape index (κ2) is 5.20. The Balaban J connectivity index is 2.29. The van der Waals surface area contributed by atoms with Crippen molar-refractivity contribution in [3.05, 3.63) is 39.7 Å². The highest BCUT2D eigenvalue weighted by molar-refractivity contribution is 6.55. The number of hydrogen-bond donors (Lipinski definition) is 2. The number of aromatic amines is 1. The number of nitrogens with two attached hydrogens (primary N) is 1. The predicted molar refractivity (Wildman–Crippen MR) is 80.2 cm³/mol. The van der Waals surface area contributed by atoms with Crippen molar-refractivity contribution in [2.45, 2.75) is 38.9 Å². The Morgan fingerprint density at radius 3 is 2.45 bits per heavy atom. The van der Waals surface area contributed by atoms with Crippen LogP contribution >= 0.6 is 0 Å². The van der Waals surface area contributed by atoms with Gasteiger partial charge in [0.15, 0.2) is 5.43 Å². The molecule has 0 amide bonds. The van der Waals surface area contributed by atoms with Crippen LogP contribution in [0.1, 0.15) is 33.4 Å². The lowest BCUT2D eigenvalue weighted by atomic mass is 9.77. The monoisotopic (exact) mass is 276 g/mol. The molecule has 1 saturated heterocycles. The van der Waals surface area contributed by atoms with Crippen LogP contribution < -0.4 is 11.2 Å². The van der Waals surface area contributed by atoms with Crippen molar-refractivity contribution in [2.75, 3.05) is 6.54 Å². The van der Waals surface area contributed by atoms with Crippen molar-refractivity contribution < 1.29 is 9.31 Å². The summed E-state index contributed by atoms with van der Waals surface area (Å²) in [6, 6.07) is 2.98. The number of pyridine rings is 1. The first-order chi connectivity index (χ1) is 9.25. The van der Waals surface area contributed by atoms with Crippen molar-refractivity contribution in [1.82, 2.24) is 4.98 Å². The Morgan fingerprint density at radius 2 is 1.95 bits per heavy atom. The molecule has 0 bridgehead atoms. The Bertz CT molecular complexity index is 562. The molecule has 20 heavy (non-hydrogen) atoms. The van der Waals surface area contributed by atoms with Crippen molar-refractivity contribution >= 4 is 13.2 Å². The number of aromatic nitrogens is 1. The molecular weight excluding hydrogens is 255 g/mol. The highest BCUT2D eigenvalue weighted by atomic mass is 16.7. The Morgan fingerprint density at radius 1 is 1.35 bits per heavy atom. The maximum atomic E-state index is 11.3. The van der Waals surface area contributed by atoms with Gasteiger partial charge in [-0.15, -0.1) is 0 Å². The first-order valence-electron chi connectivity index (χ1n) is 6.70. The maximum Gasteiger partial charge on any atom is 0.491 e. The summed E-state index contributed by atoms with van der Waals surface area (Å²) >= 11 is 0. The number of H-pyrrole nitrogens is 1. The Hall–Kier alpha value is -1.37. The van der Waals surface area contributed by atoms with Crippen LogP contribution in [0, 0.1) is 0 Å². The van der Waals surface area contributed by atoms with Gasteiger partial charge in [0.1, 0.15) is 0 Å². The van der Waals surface area contributed by atoms with Gasteiger partial charge in [-0.05, 0) is 39.2 Å². The largest absolute Gasteiger partial charge is 0.491 e. The molecule has 2 rings (SSSR count). The molecule has 0 spiro atoms. The third kappa shape index (κ3) is 2.87. The molecular formula is C14H21BN2O3. The van der Waals surface area contributed by atoms with E-state index in [1.54, 1.807) is 6.20 Å². The zero-order valence-electron chi connectivity index (χ0n) is 12.4. The fraction of sp³-hybridized carbons (Fsp3) is 0.500. The number of hydrogen-bond acceptors (Lipinski definition) is 4. The van der Waals surface area contributed by atoms with Gasteiger partial charge in [0.05, 0.1) is 11.2 Å². The highest BCUT2D eigenvalue weighted by Crippen LogP contribution is 2.38. The minimum Gasteiger partial charge on any atom is -0.400 e. The summed E-state index contributed by atoms with van der Waals surface area (Å²) in [5.74, 6) is 0. The molecule has 108 valence electrons. The summed E-state index contributed by atoms with van der Waals surface area (Å²) in [5, 5.41) is 0. The maximum absolute atomic E-state index is 11.3. The molecule has 0 aromatic carbocycles. The first kappa shape index (κ1) is 15.0. The molecule has 1 aromatic rings. The van der Waals surface area contributed by atoms with Gasteiger partial charge in [0.25, 0.3) is 0 Å². The van der Waals surface area contributed by atoms with Gasteiger partial charge in [0, 0.05) is 30.6 Å². The summed E-state index contributed by atoms with van der Waals surface area (Å²) in [5.41, 5.74) is 6.41. The number of nitrogens with one attached hydrogen (secondary N) is 1. The van der Waals surface area contributed by atoms with Crippen LogP contribution in [-0.4, -0.2) is 29.8 Å². The van der Waals surface area contributed by atoms with Gasteiger partial charge in [-0.25, -0.2) is 0 Å². The molecule has 5 nitrogen and oxygen atoms in total. The molecule has 6 heteroatoms. The minimum atomic E-state index is -0.492. The second-order valence-electron chi connectivity index (χ2n) is 5.99. The van der Waals surface area contributed by atoms with Crippen molar-refractivity contribution in [3.8, 4) is 0 Å². The average Bonchev–Trinajstić information content (AvgIpc) is 2.55. The Kier molecular flexibility index (Phi) is 3.91. The van der Waals surface area contributed by atoms with E-state index in [1.165, 1.54) is 12.1 Å². The second-order valence-corrected chi connectivity index (χ2v) is 5.99. The van der Waals surface area contributed by atoms with Crippen LogP contribution in [0.25, 0.3) is 6.08 Å². The highest BCUT2D eigenvalue weighted by Gasteiger charge is 2.52. The average molecular weight is 276 g/mol. The molecule has 1 aromatic heterocycles.